The van der Waals surface area contributed by atoms with Crippen LogP contribution in [-0.2, 0) is 0 Å². The summed E-state index contributed by atoms with van der Waals surface area (Å²) < 4.78 is 0. The Morgan fingerprint density at radius 3 is 1.78 bits per heavy atom. The summed E-state index contributed by atoms with van der Waals surface area (Å²) in [5, 5.41) is 4.75. The number of hydrogen-bond acceptors (Lipinski definition) is 5. The zero-order valence-electron chi connectivity index (χ0n) is 12.2. The fourth-order valence-electron chi connectivity index (χ4n) is 2.70. The van der Waals surface area contributed by atoms with Gasteiger partial charge in [-0.25, -0.2) is 10.0 Å². The van der Waals surface area contributed by atoms with Gasteiger partial charge in [0, 0.05) is 58.4 Å². The Bertz CT molecular complexity index is 230. The predicted molar refractivity (Wildman–Crippen MR) is 75.1 cm³/mol. The van der Waals surface area contributed by atoms with E-state index in [1.165, 1.54) is 32.7 Å². The molecule has 0 saturated carbocycles. The summed E-state index contributed by atoms with van der Waals surface area (Å²) in [5.41, 5.74) is 3.58. The van der Waals surface area contributed by atoms with Crippen LogP contribution in [0.5, 0.6) is 0 Å². The van der Waals surface area contributed by atoms with Crippen molar-refractivity contribution in [1.29, 1.82) is 0 Å². The van der Waals surface area contributed by atoms with Gasteiger partial charge < -0.3 is 4.90 Å². The van der Waals surface area contributed by atoms with Gasteiger partial charge in [0.1, 0.15) is 0 Å². The van der Waals surface area contributed by atoms with E-state index < -0.39 is 0 Å². The van der Waals surface area contributed by atoms with E-state index in [0.29, 0.717) is 6.04 Å². The van der Waals surface area contributed by atoms with Crippen LogP contribution in [0, 0.1) is 0 Å². The maximum Gasteiger partial charge on any atom is 0.0272 e. The van der Waals surface area contributed by atoms with Crippen LogP contribution in [0.4, 0.5) is 0 Å². The van der Waals surface area contributed by atoms with Crippen LogP contribution in [0.25, 0.3) is 0 Å². The molecule has 5 heteroatoms. The summed E-state index contributed by atoms with van der Waals surface area (Å²) in [7, 11) is 0. The fourth-order valence-corrected chi connectivity index (χ4v) is 2.70. The predicted octanol–water partition coefficient (Wildman–Crippen LogP) is 0.0695. The van der Waals surface area contributed by atoms with Crippen LogP contribution < -0.4 is 5.53 Å². The minimum Gasteiger partial charge on any atom is -0.301 e. The normalized spacial score (nSPS) is 26.0. The quantitative estimate of drug-likeness (QED) is 0.766. The van der Waals surface area contributed by atoms with E-state index in [-0.39, 0.29) is 0 Å². The summed E-state index contributed by atoms with van der Waals surface area (Å²) in [6.07, 6.45) is 0. The Morgan fingerprint density at radius 1 is 0.833 bits per heavy atom. The van der Waals surface area contributed by atoms with E-state index >= 15 is 0 Å². The van der Waals surface area contributed by atoms with Gasteiger partial charge in [0.25, 0.3) is 0 Å². The van der Waals surface area contributed by atoms with Gasteiger partial charge in [0.2, 0.25) is 0 Å². The summed E-state index contributed by atoms with van der Waals surface area (Å²) in [6.45, 7) is 17.3. The van der Waals surface area contributed by atoms with E-state index in [4.69, 9.17) is 0 Å². The van der Waals surface area contributed by atoms with Crippen molar-refractivity contribution in [3.05, 3.63) is 0 Å². The number of hydrazine groups is 2. The van der Waals surface area contributed by atoms with Crippen LogP contribution in [-0.4, -0.2) is 84.8 Å². The first-order valence-electron chi connectivity index (χ1n) is 7.41. The molecule has 0 unspecified atom stereocenters. The molecule has 18 heavy (non-hydrogen) atoms. The lowest BCUT2D eigenvalue weighted by Gasteiger charge is -2.41. The van der Waals surface area contributed by atoms with Gasteiger partial charge >= 0.3 is 0 Å². The van der Waals surface area contributed by atoms with Gasteiger partial charge in [-0.2, -0.15) is 5.53 Å². The zero-order valence-corrected chi connectivity index (χ0v) is 12.2. The largest absolute Gasteiger partial charge is 0.301 e. The third-order valence-corrected chi connectivity index (χ3v) is 4.15. The van der Waals surface area contributed by atoms with Crippen LogP contribution in [0.15, 0.2) is 0 Å². The monoisotopic (exact) mass is 255 g/mol. The van der Waals surface area contributed by atoms with Crippen molar-refractivity contribution in [3.8, 4) is 0 Å². The Labute approximate surface area is 112 Å². The van der Waals surface area contributed by atoms with Gasteiger partial charge in [-0.15, -0.1) is 0 Å². The Kier molecular flexibility index (Phi) is 5.38. The van der Waals surface area contributed by atoms with E-state index in [9.17, 15) is 0 Å². The lowest BCUT2D eigenvalue weighted by atomic mass is 10.2. The molecule has 0 amide bonds. The molecule has 0 radical (unpaired) electrons. The first kappa shape index (κ1) is 14.2. The SMILES string of the molecule is CCN1CCN(NN2CCN(C(C)C)CC2)CC1. The Hall–Kier alpha value is -0.200. The van der Waals surface area contributed by atoms with Gasteiger partial charge in [-0.3, -0.25) is 4.90 Å². The van der Waals surface area contributed by atoms with E-state index in [1.807, 2.05) is 0 Å². The molecule has 0 atom stereocenters. The topological polar surface area (TPSA) is 25.0 Å². The summed E-state index contributed by atoms with van der Waals surface area (Å²) in [5.74, 6) is 0. The van der Waals surface area contributed by atoms with Crippen molar-refractivity contribution >= 4 is 0 Å². The molecule has 1 N–H and O–H groups in total. The first-order chi connectivity index (χ1) is 8.69. The molecule has 5 nitrogen and oxygen atoms in total. The molecule has 0 spiro atoms. The molecule has 2 aliphatic rings. The van der Waals surface area contributed by atoms with Crippen LogP contribution in [0.2, 0.25) is 0 Å². The molecule has 0 aromatic heterocycles. The number of nitrogens with one attached hydrogen (secondary N) is 1. The highest BCUT2D eigenvalue weighted by Gasteiger charge is 2.21. The van der Waals surface area contributed by atoms with Crippen molar-refractivity contribution in [2.24, 2.45) is 0 Å². The Balaban J connectivity index is 1.66. The summed E-state index contributed by atoms with van der Waals surface area (Å²) in [6, 6.07) is 0.681. The van der Waals surface area contributed by atoms with Crippen LogP contribution >= 0.6 is 0 Å². The molecular weight excluding hydrogens is 226 g/mol. The minimum atomic E-state index is 0.681. The minimum absolute atomic E-state index is 0.681. The third kappa shape index (κ3) is 3.90. The molecule has 2 heterocycles. The maximum atomic E-state index is 3.58. The molecule has 0 aliphatic carbocycles. The number of likely N-dealkylation sites (N-methyl/N-ethyl adjacent to an activating group) is 1. The fraction of sp³-hybridized carbons (Fsp3) is 1.00. The second kappa shape index (κ2) is 6.82. The van der Waals surface area contributed by atoms with Gasteiger partial charge in [-0.1, -0.05) is 6.92 Å². The van der Waals surface area contributed by atoms with Crippen molar-refractivity contribution in [2.75, 3.05) is 58.9 Å². The number of rotatable bonds is 4. The molecule has 2 saturated heterocycles. The number of piperazine rings is 2. The Morgan fingerprint density at radius 2 is 1.33 bits per heavy atom. The zero-order chi connectivity index (χ0) is 13.0. The third-order valence-electron chi connectivity index (χ3n) is 4.15. The molecule has 0 bridgehead atoms. The van der Waals surface area contributed by atoms with Gasteiger partial charge in [-0.05, 0) is 20.4 Å². The standard InChI is InChI=1S/C13H29N5/c1-4-15-5-9-17(10-6-15)14-18-11-7-16(8-12-18)13(2)3/h13-14H,4-12H2,1-3H3. The molecule has 2 aliphatic heterocycles. The molecule has 0 aromatic rings. The highest BCUT2D eigenvalue weighted by atomic mass is 15.8. The highest BCUT2D eigenvalue weighted by molar-refractivity contribution is 4.73. The summed E-state index contributed by atoms with van der Waals surface area (Å²) in [4.78, 5) is 5.06. The molecule has 0 aromatic carbocycles. The van der Waals surface area contributed by atoms with Crippen molar-refractivity contribution in [2.45, 2.75) is 26.8 Å². The van der Waals surface area contributed by atoms with Crippen LogP contribution in [0.1, 0.15) is 20.8 Å². The summed E-state index contributed by atoms with van der Waals surface area (Å²) >= 11 is 0. The van der Waals surface area contributed by atoms with Gasteiger partial charge in [0.15, 0.2) is 0 Å². The average Bonchev–Trinajstić information content (AvgIpc) is 2.40. The lowest BCUT2D eigenvalue weighted by Crippen LogP contribution is -2.61. The maximum absolute atomic E-state index is 3.58. The lowest BCUT2D eigenvalue weighted by molar-refractivity contribution is -0.0354. The first-order valence-corrected chi connectivity index (χ1v) is 7.41. The molecule has 106 valence electrons. The smallest absolute Gasteiger partial charge is 0.0272 e. The molecule has 2 fully saturated rings. The van der Waals surface area contributed by atoms with Crippen molar-refractivity contribution in [1.82, 2.24) is 25.4 Å². The van der Waals surface area contributed by atoms with Crippen LogP contribution in [0.3, 0.4) is 0 Å². The molecular formula is C13H29N5. The number of nitrogens with zero attached hydrogens (tertiary/aromatic N) is 4. The second-order valence-corrected chi connectivity index (χ2v) is 5.64. The second-order valence-electron chi connectivity index (χ2n) is 5.64. The van der Waals surface area contributed by atoms with Crippen molar-refractivity contribution in [3.63, 3.8) is 0 Å². The van der Waals surface area contributed by atoms with E-state index in [0.717, 1.165) is 26.2 Å². The average molecular weight is 255 g/mol. The van der Waals surface area contributed by atoms with E-state index in [2.05, 4.69) is 46.1 Å². The van der Waals surface area contributed by atoms with Crippen molar-refractivity contribution < 1.29 is 0 Å². The van der Waals surface area contributed by atoms with E-state index in [1.54, 1.807) is 0 Å². The molecule has 2 rings (SSSR count). The number of hydrogen-bond donors (Lipinski definition) is 1. The highest BCUT2D eigenvalue weighted by Crippen LogP contribution is 2.05. The van der Waals surface area contributed by atoms with Gasteiger partial charge in [0.05, 0.1) is 0 Å².